The van der Waals surface area contributed by atoms with Crippen LogP contribution in [0.25, 0.3) is 0 Å². The number of hydrogen-bond acceptors (Lipinski definition) is 7. The summed E-state index contributed by atoms with van der Waals surface area (Å²) in [5.41, 5.74) is 0.228. The van der Waals surface area contributed by atoms with E-state index in [9.17, 15) is 29.8 Å². The number of carboxylic acid groups (broad SMARTS) is 1. The molecule has 1 amide bonds. The zero-order valence-electron chi connectivity index (χ0n) is 13.7. The molecule has 0 aliphatic heterocycles. The number of nitro benzene ring substituents is 2. The topological polar surface area (TPSA) is 165 Å². The molecule has 2 aromatic carbocycles. The van der Waals surface area contributed by atoms with E-state index in [0.717, 1.165) is 18.2 Å². The maximum absolute atomic E-state index is 11.6. The van der Waals surface area contributed by atoms with Gasteiger partial charge in [-0.3, -0.25) is 29.8 Å². The largest absolute Gasteiger partial charge is 0.481 e. The predicted molar refractivity (Wildman–Crippen MR) is 95.0 cm³/mol. The normalized spacial score (nSPS) is 10.1. The number of nitro groups is 2. The van der Waals surface area contributed by atoms with Gasteiger partial charge in [-0.2, -0.15) is 0 Å². The molecule has 3 N–H and O–H groups in total. The highest BCUT2D eigenvalue weighted by molar-refractivity contribution is 5.92. The van der Waals surface area contributed by atoms with Crippen molar-refractivity contribution >= 4 is 40.3 Å². The molecule has 11 nitrogen and oxygen atoms in total. The van der Waals surface area contributed by atoms with E-state index < -0.39 is 33.1 Å². The van der Waals surface area contributed by atoms with Crippen LogP contribution in [0.4, 0.5) is 28.4 Å². The van der Waals surface area contributed by atoms with E-state index in [-0.39, 0.29) is 18.5 Å². The Morgan fingerprint density at radius 2 is 1.37 bits per heavy atom. The summed E-state index contributed by atoms with van der Waals surface area (Å²) >= 11 is 0. The standard InChI is InChI=1S/C16H14N4O7/c21-15(5-6-16(22)23)18-11-3-1-10(2-4-11)17-12-7-13(19(24)25)9-14(8-12)20(26)27/h1-4,7-9,17H,5-6H2,(H,18,21)(H,22,23). The quantitative estimate of drug-likeness (QED) is 0.468. The molecule has 11 heteroatoms. The van der Waals surface area contributed by atoms with Crippen LogP contribution in [0.5, 0.6) is 0 Å². The zero-order chi connectivity index (χ0) is 20.0. The van der Waals surface area contributed by atoms with Crippen LogP contribution in [0.15, 0.2) is 42.5 Å². The fourth-order valence-corrected chi connectivity index (χ4v) is 2.13. The summed E-state index contributed by atoms with van der Waals surface area (Å²) in [5.74, 6) is -1.52. The van der Waals surface area contributed by atoms with Crippen molar-refractivity contribution in [3.63, 3.8) is 0 Å². The molecular weight excluding hydrogens is 360 g/mol. The highest BCUT2D eigenvalue weighted by Crippen LogP contribution is 2.28. The molecular formula is C16H14N4O7. The second-order valence-electron chi connectivity index (χ2n) is 5.40. The third kappa shape index (κ3) is 5.77. The minimum Gasteiger partial charge on any atom is -0.481 e. The molecule has 0 fully saturated rings. The van der Waals surface area contributed by atoms with Gasteiger partial charge in [-0.05, 0) is 24.3 Å². The number of benzene rings is 2. The van der Waals surface area contributed by atoms with E-state index in [4.69, 9.17) is 5.11 Å². The fourth-order valence-electron chi connectivity index (χ4n) is 2.13. The number of amides is 1. The molecule has 0 aliphatic rings. The summed E-state index contributed by atoms with van der Waals surface area (Å²) in [6, 6.07) is 9.36. The van der Waals surface area contributed by atoms with Crippen LogP contribution < -0.4 is 10.6 Å². The van der Waals surface area contributed by atoms with Gasteiger partial charge in [0.1, 0.15) is 0 Å². The summed E-state index contributed by atoms with van der Waals surface area (Å²) in [6.07, 6.45) is -0.441. The van der Waals surface area contributed by atoms with Crippen molar-refractivity contribution in [3.05, 3.63) is 62.7 Å². The van der Waals surface area contributed by atoms with Gasteiger partial charge in [0.15, 0.2) is 0 Å². The van der Waals surface area contributed by atoms with Crippen LogP contribution >= 0.6 is 0 Å². The van der Waals surface area contributed by atoms with Gasteiger partial charge in [-0.15, -0.1) is 0 Å². The lowest BCUT2D eigenvalue weighted by Gasteiger charge is -2.08. The maximum atomic E-state index is 11.6. The van der Waals surface area contributed by atoms with E-state index in [1.54, 1.807) is 12.1 Å². The van der Waals surface area contributed by atoms with E-state index in [1.165, 1.54) is 12.1 Å². The number of aliphatic carboxylic acids is 1. The third-order valence-corrected chi connectivity index (χ3v) is 3.35. The van der Waals surface area contributed by atoms with Crippen molar-refractivity contribution in [2.75, 3.05) is 10.6 Å². The molecule has 0 atom stereocenters. The van der Waals surface area contributed by atoms with Gasteiger partial charge in [0, 0.05) is 29.9 Å². The Morgan fingerprint density at radius 1 is 0.852 bits per heavy atom. The van der Waals surface area contributed by atoms with Crippen molar-refractivity contribution < 1.29 is 24.5 Å². The first-order valence-electron chi connectivity index (χ1n) is 7.57. The van der Waals surface area contributed by atoms with Crippen LogP contribution in [0.2, 0.25) is 0 Å². The molecule has 2 rings (SSSR count). The van der Waals surface area contributed by atoms with E-state index in [1.807, 2.05) is 0 Å². The minimum atomic E-state index is -1.07. The van der Waals surface area contributed by atoms with Gasteiger partial charge in [0.25, 0.3) is 11.4 Å². The van der Waals surface area contributed by atoms with Crippen LogP contribution in [0.1, 0.15) is 12.8 Å². The first-order chi connectivity index (χ1) is 12.7. The number of carbonyl (C=O) groups is 2. The van der Waals surface area contributed by atoms with Crippen molar-refractivity contribution in [2.45, 2.75) is 12.8 Å². The first-order valence-corrected chi connectivity index (χ1v) is 7.57. The van der Waals surface area contributed by atoms with Crippen molar-refractivity contribution in [1.82, 2.24) is 0 Å². The Bertz CT molecular complexity index is 864. The maximum Gasteiger partial charge on any atom is 0.303 e. The lowest BCUT2D eigenvalue weighted by atomic mass is 10.2. The van der Waals surface area contributed by atoms with E-state index in [2.05, 4.69) is 10.6 Å². The predicted octanol–water partition coefficient (Wildman–Crippen LogP) is 3.05. The average Bonchev–Trinajstić information content (AvgIpc) is 2.61. The molecule has 0 saturated heterocycles. The molecule has 2 aromatic rings. The summed E-state index contributed by atoms with van der Waals surface area (Å²) in [7, 11) is 0. The van der Waals surface area contributed by atoms with E-state index >= 15 is 0 Å². The highest BCUT2D eigenvalue weighted by Gasteiger charge is 2.16. The second kappa shape index (κ2) is 8.38. The molecule has 0 radical (unpaired) electrons. The highest BCUT2D eigenvalue weighted by atomic mass is 16.6. The number of anilines is 3. The van der Waals surface area contributed by atoms with E-state index in [0.29, 0.717) is 11.4 Å². The minimum absolute atomic E-state index is 0.160. The monoisotopic (exact) mass is 374 g/mol. The molecule has 0 bridgehead atoms. The van der Waals surface area contributed by atoms with Gasteiger partial charge < -0.3 is 15.7 Å². The summed E-state index contributed by atoms with van der Waals surface area (Å²) < 4.78 is 0. The summed E-state index contributed by atoms with van der Waals surface area (Å²) in [4.78, 5) is 42.4. The number of non-ortho nitro benzene ring substituents is 2. The van der Waals surface area contributed by atoms with Gasteiger partial charge in [-0.1, -0.05) is 0 Å². The second-order valence-corrected chi connectivity index (χ2v) is 5.40. The Hall–Kier alpha value is -4.02. The number of nitrogens with one attached hydrogen (secondary N) is 2. The molecule has 140 valence electrons. The molecule has 0 spiro atoms. The molecule has 0 aromatic heterocycles. The average molecular weight is 374 g/mol. The number of hydrogen-bond donors (Lipinski definition) is 3. The third-order valence-electron chi connectivity index (χ3n) is 3.35. The zero-order valence-corrected chi connectivity index (χ0v) is 13.7. The van der Waals surface area contributed by atoms with Crippen LogP contribution in [-0.2, 0) is 9.59 Å². The number of carbonyl (C=O) groups excluding carboxylic acids is 1. The van der Waals surface area contributed by atoms with Crippen LogP contribution in [0.3, 0.4) is 0 Å². The fraction of sp³-hybridized carbons (Fsp3) is 0.125. The Kier molecular flexibility index (Phi) is 5.99. The smallest absolute Gasteiger partial charge is 0.303 e. The Balaban J connectivity index is 2.10. The van der Waals surface area contributed by atoms with Gasteiger partial charge in [0.2, 0.25) is 5.91 Å². The molecule has 0 aliphatic carbocycles. The van der Waals surface area contributed by atoms with Crippen molar-refractivity contribution in [1.29, 1.82) is 0 Å². The molecule has 0 saturated carbocycles. The Morgan fingerprint density at radius 3 is 1.85 bits per heavy atom. The van der Waals surface area contributed by atoms with Gasteiger partial charge in [0.05, 0.1) is 28.0 Å². The number of nitrogens with zero attached hydrogens (tertiary/aromatic N) is 2. The molecule has 27 heavy (non-hydrogen) atoms. The van der Waals surface area contributed by atoms with Crippen LogP contribution in [0, 0.1) is 20.2 Å². The lowest BCUT2D eigenvalue weighted by Crippen LogP contribution is -2.13. The Labute approximate surface area is 151 Å². The van der Waals surface area contributed by atoms with Crippen molar-refractivity contribution in [2.24, 2.45) is 0 Å². The molecule has 0 unspecified atom stereocenters. The first kappa shape index (κ1) is 19.3. The summed E-state index contributed by atoms with van der Waals surface area (Å²) in [6.45, 7) is 0. The lowest BCUT2D eigenvalue weighted by molar-refractivity contribution is -0.394. The number of rotatable bonds is 8. The van der Waals surface area contributed by atoms with Crippen LogP contribution in [-0.4, -0.2) is 26.8 Å². The van der Waals surface area contributed by atoms with Gasteiger partial charge >= 0.3 is 5.97 Å². The van der Waals surface area contributed by atoms with Crippen molar-refractivity contribution in [3.8, 4) is 0 Å². The summed E-state index contributed by atoms with van der Waals surface area (Å²) in [5, 5.41) is 35.7. The van der Waals surface area contributed by atoms with Gasteiger partial charge in [-0.25, -0.2) is 0 Å². The number of carboxylic acids is 1. The SMILES string of the molecule is O=C(O)CCC(=O)Nc1ccc(Nc2cc([N+](=O)[O-])cc([N+](=O)[O-])c2)cc1. The molecule has 0 heterocycles.